The van der Waals surface area contributed by atoms with E-state index in [9.17, 15) is 4.79 Å². The van der Waals surface area contributed by atoms with Crippen LogP contribution in [0.25, 0.3) is 0 Å². The third kappa shape index (κ3) is 2.51. The number of pyridine rings is 1. The molecule has 1 amide bonds. The fourth-order valence-electron chi connectivity index (χ4n) is 2.71. The van der Waals surface area contributed by atoms with Crippen molar-refractivity contribution in [2.45, 2.75) is 53.5 Å². The highest BCUT2D eigenvalue weighted by atomic mass is 16.2. The van der Waals surface area contributed by atoms with Gasteiger partial charge in [-0.2, -0.15) is 0 Å². The lowest BCUT2D eigenvalue weighted by molar-refractivity contribution is -0.127. The molecule has 1 aliphatic heterocycles. The molecule has 0 aliphatic carbocycles. The molecule has 0 N–H and O–H groups in total. The minimum absolute atomic E-state index is 0.00544. The molecular weight excluding hydrogens is 236 g/mol. The maximum atomic E-state index is 12.9. The molecule has 1 unspecified atom stereocenters. The Bertz CT molecular complexity index is 494. The van der Waals surface area contributed by atoms with E-state index in [1.807, 2.05) is 23.2 Å². The van der Waals surface area contributed by atoms with E-state index in [1.54, 1.807) is 0 Å². The lowest BCUT2D eigenvalue weighted by atomic mass is 9.74. The Hall–Kier alpha value is -1.38. The number of aromatic nitrogens is 1. The van der Waals surface area contributed by atoms with Crippen LogP contribution in [0, 0.1) is 11.3 Å². The lowest BCUT2D eigenvalue weighted by Gasteiger charge is -2.45. The molecule has 2 rings (SSSR count). The van der Waals surface area contributed by atoms with Crippen LogP contribution in [0.1, 0.15) is 47.2 Å². The summed E-state index contributed by atoms with van der Waals surface area (Å²) in [7, 11) is 0. The quantitative estimate of drug-likeness (QED) is 0.716. The summed E-state index contributed by atoms with van der Waals surface area (Å²) in [5, 5.41) is 0. The van der Waals surface area contributed by atoms with Crippen molar-refractivity contribution in [2.75, 3.05) is 4.90 Å². The largest absolute Gasteiger partial charge is 0.305 e. The minimum atomic E-state index is -0.223. The number of amides is 1. The van der Waals surface area contributed by atoms with E-state index in [1.165, 1.54) is 0 Å². The Balaban J connectivity index is 2.56. The predicted octanol–water partition coefficient (Wildman–Crippen LogP) is 3.43. The standard InChI is InChI=1S/C16H24N2O/c1-15(2,3)11-10-12-13(8-7-9-17-12)18(14(11)19)16(4,5)6/h7-9,11H,10H2,1-6H3. The zero-order valence-corrected chi connectivity index (χ0v) is 12.8. The zero-order chi connectivity index (χ0) is 14.4. The van der Waals surface area contributed by atoms with Gasteiger partial charge in [0.05, 0.1) is 11.4 Å². The monoisotopic (exact) mass is 260 g/mol. The van der Waals surface area contributed by atoms with Gasteiger partial charge in [-0.3, -0.25) is 9.78 Å². The van der Waals surface area contributed by atoms with Crippen LogP contribution in [-0.4, -0.2) is 16.4 Å². The first-order valence-electron chi connectivity index (χ1n) is 6.90. The van der Waals surface area contributed by atoms with E-state index >= 15 is 0 Å². The van der Waals surface area contributed by atoms with Crippen molar-refractivity contribution >= 4 is 11.6 Å². The van der Waals surface area contributed by atoms with E-state index in [0.29, 0.717) is 0 Å². The van der Waals surface area contributed by atoms with Gasteiger partial charge < -0.3 is 4.90 Å². The second-order valence-corrected chi connectivity index (χ2v) is 7.44. The zero-order valence-electron chi connectivity index (χ0n) is 12.8. The van der Waals surface area contributed by atoms with Crippen LogP contribution >= 0.6 is 0 Å². The van der Waals surface area contributed by atoms with E-state index in [-0.39, 0.29) is 22.8 Å². The van der Waals surface area contributed by atoms with E-state index < -0.39 is 0 Å². The van der Waals surface area contributed by atoms with Gasteiger partial charge in [0.25, 0.3) is 0 Å². The molecule has 2 heterocycles. The number of carbonyl (C=O) groups excluding carboxylic acids is 1. The summed E-state index contributed by atoms with van der Waals surface area (Å²) in [6, 6.07) is 3.91. The molecule has 1 atom stereocenters. The third-order valence-electron chi connectivity index (χ3n) is 3.74. The van der Waals surface area contributed by atoms with Gasteiger partial charge in [-0.05, 0) is 38.3 Å². The fraction of sp³-hybridized carbons (Fsp3) is 0.625. The Morgan fingerprint density at radius 1 is 1.21 bits per heavy atom. The summed E-state index contributed by atoms with van der Waals surface area (Å²) in [5.41, 5.74) is 1.74. The number of rotatable bonds is 0. The normalized spacial score (nSPS) is 20.4. The molecule has 1 aromatic heterocycles. The van der Waals surface area contributed by atoms with Gasteiger partial charge in [0, 0.05) is 24.1 Å². The number of carbonyl (C=O) groups is 1. The Morgan fingerprint density at radius 2 is 1.84 bits per heavy atom. The van der Waals surface area contributed by atoms with Crippen LogP contribution in [0.4, 0.5) is 5.69 Å². The van der Waals surface area contributed by atoms with E-state index in [0.717, 1.165) is 17.8 Å². The predicted molar refractivity (Wildman–Crippen MR) is 78.1 cm³/mol. The fourth-order valence-corrected chi connectivity index (χ4v) is 2.71. The molecule has 1 aromatic rings. The molecule has 0 radical (unpaired) electrons. The molecule has 0 saturated carbocycles. The molecule has 3 nitrogen and oxygen atoms in total. The van der Waals surface area contributed by atoms with Gasteiger partial charge in [0.15, 0.2) is 0 Å². The molecule has 0 fully saturated rings. The summed E-state index contributed by atoms with van der Waals surface area (Å²) in [6.07, 6.45) is 2.56. The van der Waals surface area contributed by atoms with Gasteiger partial charge in [-0.1, -0.05) is 20.8 Å². The number of nitrogens with zero attached hydrogens (tertiary/aromatic N) is 2. The second-order valence-electron chi connectivity index (χ2n) is 7.44. The Labute approximate surface area is 116 Å². The first-order chi connectivity index (χ1) is 8.62. The number of hydrogen-bond donors (Lipinski definition) is 0. The Morgan fingerprint density at radius 3 is 2.37 bits per heavy atom. The minimum Gasteiger partial charge on any atom is -0.305 e. The molecule has 104 valence electrons. The summed E-state index contributed by atoms with van der Waals surface area (Å²) in [5.74, 6) is 0.217. The van der Waals surface area contributed by atoms with Gasteiger partial charge in [0.2, 0.25) is 5.91 Å². The maximum absolute atomic E-state index is 12.9. The summed E-state index contributed by atoms with van der Waals surface area (Å²) >= 11 is 0. The van der Waals surface area contributed by atoms with Crippen molar-refractivity contribution in [1.82, 2.24) is 4.98 Å². The highest BCUT2D eigenvalue weighted by Gasteiger charge is 2.43. The van der Waals surface area contributed by atoms with Crippen molar-refractivity contribution < 1.29 is 4.79 Å². The van der Waals surface area contributed by atoms with E-state index in [2.05, 4.69) is 46.5 Å². The molecule has 0 saturated heterocycles. The van der Waals surface area contributed by atoms with Gasteiger partial charge in [0.1, 0.15) is 0 Å². The molecule has 1 aliphatic rings. The number of anilines is 1. The van der Waals surface area contributed by atoms with Crippen LogP contribution in [0.5, 0.6) is 0 Å². The SMILES string of the molecule is CC(C)(C)C1Cc2ncccc2N(C(C)(C)C)C1=O. The third-order valence-corrected chi connectivity index (χ3v) is 3.74. The average Bonchev–Trinajstić information content (AvgIpc) is 2.24. The second kappa shape index (κ2) is 4.32. The Kier molecular flexibility index (Phi) is 3.20. The first-order valence-corrected chi connectivity index (χ1v) is 6.90. The van der Waals surface area contributed by atoms with Gasteiger partial charge in [-0.15, -0.1) is 0 Å². The van der Waals surface area contributed by atoms with Crippen molar-refractivity contribution in [3.63, 3.8) is 0 Å². The van der Waals surface area contributed by atoms with Crippen molar-refractivity contribution in [1.29, 1.82) is 0 Å². The summed E-state index contributed by atoms with van der Waals surface area (Å²) < 4.78 is 0. The molecule has 0 aromatic carbocycles. The van der Waals surface area contributed by atoms with Crippen molar-refractivity contribution in [2.24, 2.45) is 11.3 Å². The van der Waals surface area contributed by atoms with Gasteiger partial charge >= 0.3 is 0 Å². The number of fused-ring (bicyclic) bond motifs is 1. The molecule has 19 heavy (non-hydrogen) atoms. The van der Waals surface area contributed by atoms with Crippen LogP contribution < -0.4 is 4.90 Å². The highest BCUT2D eigenvalue weighted by molar-refractivity contribution is 5.99. The highest BCUT2D eigenvalue weighted by Crippen LogP contribution is 2.40. The van der Waals surface area contributed by atoms with Crippen molar-refractivity contribution in [3.05, 3.63) is 24.0 Å². The maximum Gasteiger partial charge on any atom is 0.231 e. The average molecular weight is 260 g/mol. The summed E-state index contributed by atoms with van der Waals surface area (Å²) in [6.45, 7) is 12.6. The first kappa shape index (κ1) is 14.0. The van der Waals surface area contributed by atoms with Crippen molar-refractivity contribution in [3.8, 4) is 0 Å². The van der Waals surface area contributed by atoms with E-state index in [4.69, 9.17) is 0 Å². The molecule has 3 heteroatoms. The van der Waals surface area contributed by atoms with Crippen LogP contribution in [0.2, 0.25) is 0 Å². The number of hydrogen-bond acceptors (Lipinski definition) is 2. The molecular formula is C16H24N2O. The lowest BCUT2D eigenvalue weighted by Crippen LogP contribution is -2.54. The molecule has 0 spiro atoms. The van der Waals surface area contributed by atoms with Crippen LogP contribution in [-0.2, 0) is 11.2 Å². The smallest absolute Gasteiger partial charge is 0.231 e. The van der Waals surface area contributed by atoms with Crippen LogP contribution in [0.3, 0.4) is 0 Å². The van der Waals surface area contributed by atoms with Gasteiger partial charge in [-0.25, -0.2) is 0 Å². The summed E-state index contributed by atoms with van der Waals surface area (Å²) in [4.78, 5) is 19.3. The van der Waals surface area contributed by atoms with Crippen LogP contribution in [0.15, 0.2) is 18.3 Å². The molecule has 0 bridgehead atoms. The topological polar surface area (TPSA) is 33.2 Å².